The monoisotopic (exact) mass is 213 g/mol. The Bertz CT molecular complexity index is 178. The lowest BCUT2D eigenvalue weighted by Gasteiger charge is -2.44. The first-order chi connectivity index (χ1) is 7.19. The molecule has 0 aromatic heterocycles. The second-order valence-corrected chi connectivity index (χ2v) is 4.91. The van der Waals surface area contributed by atoms with Crippen LogP contribution < -0.4 is 11.3 Å². The molecular formula is C12H27N3. The third-order valence-electron chi connectivity index (χ3n) is 4.07. The Morgan fingerprint density at radius 3 is 2.33 bits per heavy atom. The standard InChI is InChI=1S/C12H27N3/c1-4-8-11(14-13)12(3,5-2)15-9-6-7-10-15/h11,14H,4-10,13H2,1-3H3. The zero-order chi connectivity index (χ0) is 11.3. The Balaban J connectivity index is 2.70. The van der Waals surface area contributed by atoms with Crippen LogP contribution in [0.15, 0.2) is 0 Å². The van der Waals surface area contributed by atoms with Gasteiger partial charge in [-0.05, 0) is 45.7 Å². The zero-order valence-electron chi connectivity index (χ0n) is 10.6. The molecule has 1 heterocycles. The third-order valence-corrected chi connectivity index (χ3v) is 4.07. The van der Waals surface area contributed by atoms with Crippen molar-refractivity contribution in [2.45, 2.75) is 64.5 Å². The van der Waals surface area contributed by atoms with Gasteiger partial charge in [0.15, 0.2) is 0 Å². The molecule has 0 amide bonds. The van der Waals surface area contributed by atoms with Crippen LogP contribution in [0.2, 0.25) is 0 Å². The minimum atomic E-state index is 0.237. The van der Waals surface area contributed by atoms with E-state index in [9.17, 15) is 0 Å². The molecule has 1 saturated heterocycles. The topological polar surface area (TPSA) is 41.3 Å². The number of rotatable bonds is 6. The Labute approximate surface area is 94.4 Å². The highest BCUT2D eigenvalue weighted by Gasteiger charge is 2.38. The second-order valence-electron chi connectivity index (χ2n) is 4.91. The molecule has 3 heteroatoms. The number of nitrogens with one attached hydrogen (secondary N) is 1. The summed E-state index contributed by atoms with van der Waals surface area (Å²) in [6.07, 6.45) is 6.22. The molecule has 1 fully saturated rings. The van der Waals surface area contributed by atoms with Gasteiger partial charge in [0.25, 0.3) is 0 Å². The first-order valence-corrected chi connectivity index (χ1v) is 6.40. The highest BCUT2D eigenvalue weighted by molar-refractivity contribution is 4.96. The fourth-order valence-corrected chi connectivity index (χ4v) is 2.78. The van der Waals surface area contributed by atoms with E-state index in [4.69, 9.17) is 5.84 Å². The normalized spacial score (nSPS) is 24.0. The lowest BCUT2D eigenvalue weighted by atomic mass is 9.85. The molecule has 0 radical (unpaired) electrons. The van der Waals surface area contributed by atoms with E-state index in [-0.39, 0.29) is 5.54 Å². The van der Waals surface area contributed by atoms with Crippen molar-refractivity contribution in [3.05, 3.63) is 0 Å². The summed E-state index contributed by atoms with van der Waals surface area (Å²) in [5.74, 6) is 5.71. The fourth-order valence-electron chi connectivity index (χ4n) is 2.78. The SMILES string of the molecule is CCCC(NN)C(C)(CC)N1CCCC1. The first kappa shape index (κ1) is 12.9. The molecule has 15 heavy (non-hydrogen) atoms. The van der Waals surface area contributed by atoms with Crippen molar-refractivity contribution < 1.29 is 0 Å². The lowest BCUT2D eigenvalue weighted by molar-refractivity contribution is 0.0800. The lowest BCUT2D eigenvalue weighted by Crippen LogP contribution is -2.60. The summed E-state index contributed by atoms with van der Waals surface area (Å²) in [6.45, 7) is 9.35. The quantitative estimate of drug-likeness (QED) is 0.523. The molecule has 0 aliphatic carbocycles. The van der Waals surface area contributed by atoms with E-state index in [1.807, 2.05) is 0 Å². The maximum absolute atomic E-state index is 5.71. The minimum Gasteiger partial charge on any atom is -0.296 e. The summed E-state index contributed by atoms with van der Waals surface area (Å²) < 4.78 is 0. The maximum atomic E-state index is 5.71. The molecule has 90 valence electrons. The van der Waals surface area contributed by atoms with Gasteiger partial charge in [-0.25, -0.2) is 0 Å². The van der Waals surface area contributed by atoms with Gasteiger partial charge in [-0.15, -0.1) is 0 Å². The molecule has 0 bridgehead atoms. The molecule has 3 N–H and O–H groups in total. The highest BCUT2D eigenvalue weighted by atomic mass is 15.3. The molecule has 2 atom stereocenters. The van der Waals surface area contributed by atoms with Crippen LogP contribution in [-0.2, 0) is 0 Å². The largest absolute Gasteiger partial charge is 0.296 e. The number of nitrogens with two attached hydrogens (primary N) is 1. The van der Waals surface area contributed by atoms with Crippen molar-refractivity contribution >= 4 is 0 Å². The number of hydrogen-bond acceptors (Lipinski definition) is 3. The van der Waals surface area contributed by atoms with Crippen LogP contribution in [0.5, 0.6) is 0 Å². The predicted molar refractivity (Wildman–Crippen MR) is 65.5 cm³/mol. The molecule has 1 aliphatic heterocycles. The molecule has 0 aromatic rings. The van der Waals surface area contributed by atoms with Crippen LogP contribution in [-0.4, -0.2) is 29.6 Å². The molecule has 1 rings (SSSR count). The van der Waals surface area contributed by atoms with E-state index in [0.29, 0.717) is 6.04 Å². The van der Waals surface area contributed by atoms with Gasteiger partial charge in [0.2, 0.25) is 0 Å². The number of hydrazine groups is 1. The van der Waals surface area contributed by atoms with Gasteiger partial charge in [-0.1, -0.05) is 20.3 Å². The van der Waals surface area contributed by atoms with Crippen molar-refractivity contribution in [1.29, 1.82) is 0 Å². The molecule has 0 spiro atoms. The summed E-state index contributed by atoms with van der Waals surface area (Å²) in [5, 5.41) is 0. The summed E-state index contributed by atoms with van der Waals surface area (Å²) in [5.41, 5.74) is 3.27. The van der Waals surface area contributed by atoms with Gasteiger partial charge in [0, 0.05) is 11.6 Å². The minimum absolute atomic E-state index is 0.237. The summed E-state index contributed by atoms with van der Waals surface area (Å²) in [7, 11) is 0. The van der Waals surface area contributed by atoms with Crippen LogP contribution in [0.25, 0.3) is 0 Å². The van der Waals surface area contributed by atoms with Crippen LogP contribution in [0.1, 0.15) is 52.9 Å². The van der Waals surface area contributed by atoms with E-state index >= 15 is 0 Å². The van der Waals surface area contributed by atoms with Crippen molar-refractivity contribution in [3.63, 3.8) is 0 Å². The second kappa shape index (κ2) is 5.83. The van der Waals surface area contributed by atoms with E-state index in [1.54, 1.807) is 0 Å². The van der Waals surface area contributed by atoms with Crippen LogP contribution >= 0.6 is 0 Å². The van der Waals surface area contributed by atoms with Crippen molar-refractivity contribution in [1.82, 2.24) is 10.3 Å². The molecule has 0 saturated carbocycles. The average molecular weight is 213 g/mol. The number of likely N-dealkylation sites (tertiary alicyclic amines) is 1. The van der Waals surface area contributed by atoms with E-state index in [1.165, 1.54) is 38.8 Å². The Morgan fingerprint density at radius 2 is 1.93 bits per heavy atom. The molecule has 1 aliphatic rings. The zero-order valence-corrected chi connectivity index (χ0v) is 10.6. The van der Waals surface area contributed by atoms with E-state index in [2.05, 4.69) is 31.1 Å². The Morgan fingerprint density at radius 1 is 1.33 bits per heavy atom. The van der Waals surface area contributed by atoms with E-state index < -0.39 is 0 Å². The smallest absolute Gasteiger partial charge is 0.0391 e. The molecule has 3 nitrogen and oxygen atoms in total. The van der Waals surface area contributed by atoms with Gasteiger partial charge in [0.05, 0.1) is 0 Å². The van der Waals surface area contributed by atoms with Crippen molar-refractivity contribution in [2.75, 3.05) is 13.1 Å². The van der Waals surface area contributed by atoms with Crippen LogP contribution in [0, 0.1) is 0 Å². The van der Waals surface area contributed by atoms with Crippen LogP contribution in [0.3, 0.4) is 0 Å². The van der Waals surface area contributed by atoms with Gasteiger partial charge in [0.1, 0.15) is 0 Å². The maximum Gasteiger partial charge on any atom is 0.0391 e. The van der Waals surface area contributed by atoms with Crippen molar-refractivity contribution in [2.24, 2.45) is 5.84 Å². The Kier molecular flexibility index (Phi) is 5.03. The molecule has 0 aromatic carbocycles. The fraction of sp³-hybridized carbons (Fsp3) is 1.00. The highest BCUT2D eigenvalue weighted by Crippen LogP contribution is 2.29. The summed E-state index contributed by atoms with van der Waals surface area (Å²) >= 11 is 0. The predicted octanol–water partition coefficient (Wildman–Crippen LogP) is 1.88. The molecular weight excluding hydrogens is 186 g/mol. The average Bonchev–Trinajstić information content (AvgIpc) is 2.78. The molecule has 2 unspecified atom stereocenters. The van der Waals surface area contributed by atoms with Gasteiger partial charge in [-0.2, -0.15) is 0 Å². The number of hydrogen-bond donors (Lipinski definition) is 2. The van der Waals surface area contributed by atoms with Gasteiger partial charge >= 0.3 is 0 Å². The number of nitrogens with zero attached hydrogens (tertiary/aromatic N) is 1. The summed E-state index contributed by atoms with van der Waals surface area (Å²) in [4.78, 5) is 2.62. The first-order valence-electron chi connectivity index (χ1n) is 6.40. The Hall–Kier alpha value is -0.120. The van der Waals surface area contributed by atoms with Gasteiger partial charge < -0.3 is 0 Å². The summed E-state index contributed by atoms with van der Waals surface area (Å²) in [6, 6.07) is 0.422. The van der Waals surface area contributed by atoms with E-state index in [0.717, 1.165) is 6.42 Å². The van der Waals surface area contributed by atoms with Gasteiger partial charge in [-0.3, -0.25) is 16.2 Å². The third kappa shape index (κ3) is 2.71. The van der Waals surface area contributed by atoms with Crippen molar-refractivity contribution in [3.8, 4) is 0 Å². The van der Waals surface area contributed by atoms with Crippen LogP contribution in [0.4, 0.5) is 0 Å².